The van der Waals surface area contributed by atoms with Crippen LogP contribution < -0.4 is 14.8 Å². The average molecular weight is 255 g/mol. The molecule has 5 heteroatoms. The zero-order valence-corrected chi connectivity index (χ0v) is 10.8. The number of aromatic hydroxyl groups is 1. The summed E-state index contributed by atoms with van der Waals surface area (Å²) in [6.45, 7) is 2.76. The van der Waals surface area contributed by atoms with Gasteiger partial charge in [-0.1, -0.05) is 0 Å². The van der Waals surface area contributed by atoms with Crippen LogP contribution in [0.5, 0.6) is 17.2 Å². The molecule has 2 rings (SSSR count). The number of hydrogen-bond donors (Lipinski definition) is 2. The molecule has 100 valence electrons. The first-order valence-electron chi connectivity index (χ1n) is 5.92. The molecule has 2 N–H and O–H groups in total. The lowest BCUT2D eigenvalue weighted by molar-refractivity contribution is 0.313. The van der Waals surface area contributed by atoms with Crippen molar-refractivity contribution in [3.63, 3.8) is 0 Å². The molecule has 1 aliphatic heterocycles. The maximum Gasteiger partial charge on any atom is 0.169 e. The summed E-state index contributed by atoms with van der Waals surface area (Å²) in [6.07, 6.45) is 1.78. The fourth-order valence-electron chi connectivity index (χ4n) is 2.57. The van der Waals surface area contributed by atoms with Crippen LogP contribution in [0.3, 0.4) is 0 Å². The van der Waals surface area contributed by atoms with E-state index >= 15 is 0 Å². The summed E-state index contributed by atoms with van der Waals surface area (Å²) in [5.74, 6) is -0.395. The minimum absolute atomic E-state index is 0.290. The standard InChI is InChI=1S/C13H18FNO3/c1-13(5-4-6-15-13)10-11(16)8(14)7-9(17-2)12(10)18-3/h7,15-16H,4-6H2,1-3H3. The van der Waals surface area contributed by atoms with Crippen LogP contribution in [0, 0.1) is 5.82 Å². The van der Waals surface area contributed by atoms with Crippen molar-refractivity contribution in [3.8, 4) is 17.2 Å². The van der Waals surface area contributed by atoms with Gasteiger partial charge in [-0.3, -0.25) is 0 Å². The maximum atomic E-state index is 13.8. The van der Waals surface area contributed by atoms with Crippen LogP contribution >= 0.6 is 0 Å². The van der Waals surface area contributed by atoms with Gasteiger partial charge in [0.2, 0.25) is 0 Å². The van der Waals surface area contributed by atoms with Gasteiger partial charge in [0.1, 0.15) is 0 Å². The molecule has 0 amide bonds. The fraction of sp³-hybridized carbons (Fsp3) is 0.538. The van der Waals surface area contributed by atoms with Crippen LogP contribution in [0.4, 0.5) is 4.39 Å². The Morgan fingerprint density at radius 1 is 1.39 bits per heavy atom. The number of benzene rings is 1. The predicted octanol–water partition coefficient (Wildman–Crippen LogP) is 2.15. The Balaban J connectivity index is 2.66. The molecule has 0 saturated carbocycles. The third-order valence-corrected chi connectivity index (χ3v) is 3.52. The molecule has 1 heterocycles. The second kappa shape index (κ2) is 4.65. The Labute approximate surface area is 106 Å². The van der Waals surface area contributed by atoms with Crippen LogP contribution in [0.2, 0.25) is 0 Å². The van der Waals surface area contributed by atoms with Gasteiger partial charge in [0.15, 0.2) is 23.1 Å². The van der Waals surface area contributed by atoms with E-state index in [-0.39, 0.29) is 11.5 Å². The summed E-state index contributed by atoms with van der Waals surface area (Å²) in [7, 11) is 2.93. The summed E-state index contributed by atoms with van der Waals surface area (Å²) in [5, 5.41) is 13.3. The normalized spacial score (nSPS) is 23.1. The van der Waals surface area contributed by atoms with E-state index in [1.807, 2.05) is 6.92 Å². The lowest BCUT2D eigenvalue weighted by Crippen LogP contribution is -2.34. The molecular formula is C13H18FNO3. The molecule has 4 nitrogen and oxygen atoms in total. The van der Waals surface area contributed by atoms with Crippen LogP contribution in [0.15, 0.2) is 6.07 Å². The number of hydrogen-bond acceptors (Lipinski definition) is 4. The fourth-order valence-corrected chi connectivity index (χ4v) is 2.57. The van der Waals surface area contributed by atoms with Gasteiger partial charge < -0.3 is 19.9 Å². The highest BCUT2D eigenvalue weighted by Crippen LogP contribution is 2.47. The summed E-state index contributed by atoms with van der Waals surface area (Å²) in [6, 6.07) is 1.13. The Morgan fingerprint density at radius 3 is 2.61 bits per heavy atom. The molecule has 0 radical (unpaired) electrons. The minimum Gasteiger partial charge on any atom is -0.504 e. The molecule has 1 aliphatic rings. The first kappa shape index (κ1) is 13.0. The van der Waals surface area contributed by atoms with E-state index in [2.05, 4.69) is 5.32 Å². The van der Waals surface area contributed by atoms with Gasteiger partial charge in [0.05, 0.1) is 19.8 Å². The zero-order valence-electron chi connectivity index (χ0n) is 10.8. The van der Waals surface area contributed by atoms with E-state index in [9.17, 15) is 9.50 Å². The lowest BCUT2D eigenvalue weighted by atomic mass is 9.88. The highest BCUT2D eigenvalue weighted by Gasteiger charge is 2.38. The van der Waals surface area contributed by atoms with E-state index in [0.717, 1.165) is 25.5 Å². The SMILES string of the molecule is COc1cc(F)c(O)c(C2(C)CCCN2)c1OC. The van der Waals surface area contributed by atoms with Crippen LogP contribution in [-0.2, 0) is 5.54 Å². The molecule has 1 saturated heterocycles. The quantitative estimate of drug-likeness (QED) is 0.869. The van der Waals surface area contributed by atoms with Crippen molar-refractivity contribution in [1.29, 1.82) is 0 Å². The van der Waals surface area contributed by atoms with Gasteiger partial charge in [-0.25, -0.2) is 4.39 Å². The molecule has 18 heavy (non-hydrogen) atoms. The predicted molar refractivity (Wildman–Crippen MR) is 65.8 cm³/mol. The van der Waals surface area contributed by atoms with Crippen molar-refractivity contribution in [3.05, 3.63) is 17.4 Å². The zero-order chi connectivity index (χ0) is 13.3. The van der Waals surface area contributed by atoms with E-state index in [1.165, 1.54) is 14.2 Å². The Morgan fingerprint density at radius 2 is 2.11 bits per heavy atom. The Hall–Kier alpha value is -1.49. The van der Waals surface area contributed by atoms with Gasteiger partial charge >= 0.3 is 0 Å². The number of methoxy groups -OCH3 is 2. The van der Waals surface area contributed by atoms with E-state index in [0.29, 0.717) is 11.3 Å². The number of halogens is 1. The van der Waals surface area contributed by atoms with Crippen LogP contribution in [0.1, 0.15) is 25.3 Å². The summed E-state index contributed by atoms with van der Waals surface area (Å²) in [4.78, 5) is 0. The number of rotatable bonds is 3. The van der Waals surface area contributed by atoms with E-state index in [1.54, 1.807) is 0 Å². The lowest BCUT2D eigenvalue weighted by Gasteiger charge is -2.28. The molecule has 0 bridgehead atoms. The smallest absolute Gasteiger partial charge is 0.169 e. The molecule has 1 atom stereocenters. The molecular weight excluding hydrogens is 237 g/mol. The number of phenolic OH excluding ortho intramolecular Hbond substituents is 1. The van der Waals surface area contributed by atoms with Crippen molar-refractivity contribution in [2.24, 2.45) is 0 Å². The highest BCUT2D eigenvalue weighted by molar-refractivity contribution is 5.57. The van der Waals surface area contributed by atoms with Gasteiger partial charge in [0, 0.05) is 11.6 Å². The summed E-state index contributed by atoms with van der Waals surface area (Å²) in [5.41, 5.74) is -0.0653. The Kier molecular flexibility index (Phi) is 3.34. The molecule has 1 aromatic rings. The third kappa shape index (κ3) is 1.88. The molecule has 1 unspecified atom stereocenters. The number of nitrogens with one attached hydrogen (secondary N) is 1. The van der Waals surface area contributed by atoms with Crippen LogP contribution in [-0.4, -0.2) is 25.9 Å². The van der Waals surface area contributed by atoms with Gasteiger partial charge in [-0.15, -0.1) is 0 Å². The van der Waals surface area contributed by atoms with Gasteiger partial charge in [0.25, 0.3) is 0 Å². The number of ether oxygens (including phenoxy) is 2. The van der Waals surface area contributed by atoms with E-state index in [4.69, 9.17) is 9.47 Å². The summed E-state index contributed by atoms with van der Waals surface area (Å²) >= 11 is 0. The molecule has 1 fully saturated rings. The largest absolute Gasteiger partial charge is 0.504 e. The van der Waals surface area contributed by atoms with Gasteiger partial charge in [-0.05, 0) is 26.3 Å². The molecule has 1 aromatic carbocycles. The summed E-state index contributed by atoms with van der Waals surface area (Å²) < 4.78 is 24.2. The van der Waals surface area contributed by atoms with Crippen molar-refractivity contribution < 1.29 is 19.0 Å². The second-order valence-electron chi connectivity index (χ2n) is 4.68. The van der Waals surface area contributed by atoms with E-state index < -0.39 is 11.4 Å². The molecule has 0 aromatic heterocycles. The molecule has 0 aliphatic carbocycles. The van der Waals surface area contributed by atoms with Crippen molar-refractivity contribution in [1.82, 2.24) is 5.32 Å². The average Bonchev–Trinajstić information content (AvgIpc) is 2.79. The van der Waals surface area contributed by atoms with Crippen molar-refractivity contribution in [2.45, 2.75) is 25.3 Å². The van der Waals surface area contributed by atoms with Crippen molar-refractivity contribution >= 4 is 0 Å². The first-order chi connectivity index (χ1) is 8.53. The maximum absolute atomic E-state index is 13.8. The Bertz CT molecular complexity index is 456. The van der Waals surface area contributed by atoms with Gasteiger partial charge in [-0.2, -0.15) is 0 Å². The van der Waals surface area contributed by atoms with Crippen molar-refractivity contribution in [2.75, 3.05) is 20.8 Å². The third-order valence-electron chi connectivity index (χ3n) is 3.52. The minimum atomic E-state index is -0.697. The second-order valence-corrected chi connectivity index (χ2v) is 4.68. The highest BCUT2D eigenvalue weighted by atomic mass is 19.1. The first-order valence-corrected chi connectivity index (χ1v) is 5.92. The molecule has 0 spiro atoms. The monoisotopic (exact) mass is 255 g/mol. The number of phenols is 1. The van der Waals surface area contributed by atoms with Crippen LogP contribution in [0.25, 0.3) is 0 Å². The topological polar surface area (TPSA) is 50.7 Å².